The minimum absolute atomic E-state index is 0.373. The molecule has 0 aliphatic rings. The van der Waals surface area contributed by atoms with Crippen LogP contribution >= 0.6 is 0 Å². The zero-order chi connectivity index (χ0) is 9.72. The number of hydrogen-bond acceptors (Lipinski definition) is 1. The topological polar surface area (TPSA) is 15.6 Å². The van der Waals surface area contributed by atoms with E-state index in [9.17, 15) is 0 Å². The first-order valence-corrected chi connectivity index (χ1v) is 5.24. The summed E-state index contributed by atoms with van der Waals surface area (Å²) in [4.78, 5) is 6.62. The molecule has 0 aliphatic heterocycles. The van der Waals surface area contributed by atoms with Crippen molar-refractivity contribution >= 4 is 10.6 Å². The summed E-state index contributed by atoms with van der Waals surface area (Å²) in [5, 5.41) is 0. The van der Waals surface area contributed by atoms with Gasteiger partial charge in [0.15, 0.2) is 0 Å². The monoisotopic (exact) mass is 256 g/mol. The van der Waals surface area contributed by atoms with Gasteiger partial charge in [-0.05, 0) is 0 Å². The minimum atomic E-state index is 0.373. The van der Waals surface area contributed by atoms with Gasteiger partial charge in [-0.25, -0.2) is 0 Å². The van der Waals surface area contributed by atoms with Gasteiger partial charge in [0.25, 0.3) is 0 Å². The van der Waals surface area contributed by atoms with Gasteiger partial charge in [-0.2, -0.15) is 0 Å². The normalized spacial score (nSPS) is 12.4. The molecule has 0 saturated carbocycles. The van der Waals surface area contributed by atoms with Crippen LogP contribution in [0.25, 0.3) is 0 Å². The van der Waals surface area contributed by atoms with E-state index in [4.69, 9.17) is 0 Å². The molecule has 12 heavy (non-hydrogen) atoms. The summed E-state index contributed by atoms with van der Waals surface area (Å²) in [5.41, 5.74) is 0. The Balaban J connectivity index is 4.40. The van der Waals surface area contributed by atoms with Crippen LogP contribution in [-0.2, 0) is 17.9 Å². The molecule has 0 radical (unpaired) electrons. The average Bonchev–Trinajstić information content (AvgIpc) is 1.85. The molecular formula is C9H18N2Ru+. The maximum absolute atomic E-state index is 4.47. The van der Waals surface area contributed by atoms with E-state index in [0.717, 1.165) is 5.84 Å². The molecule has 3 heteroatoms. The SMILES string of the molecule is CC(=NC(C)C)N([CH]=[Ru+])C(C)C. The third-order valence-electron chi connectivity index (χ3n) is 1.47. The molecule has 0 amide bonds. The first-order valence-electron chi connectivity index (χ1n) is 4.24. The number of rotatable bonds is 3. The molecule has 0 bridgehead atoms. The average molecular weight is 255 g/mol. The van der Waals surface area contributed by atoms with E-state index in [2.05, 4.69) is 55.4 Å². The molecule has 0 fully saturated rings. The van der Waals surface area contributed by atoms with Crippen LogP contribution in [-0.4, -0.2) is 27.6 Å². The van der Waals surface area contributed by atoms with Gasteiger partial charge in [-0.3, -0.25) is 0 Å². The van der Waals surface area contributed by atoms with Gasteiger partial charge in [0.05, 0.1) is 0 Å². The van der Waals surface area contributed by atoms with Crippen molar-refractivity contribution < 1.29 is 17.9 Å². The van der Waals surface area contributed by atoms with E-state index in [1.807, 2.05) is 11.7 Å². The summed E-state index contributed by atoms with van der Waals surface area (Å²) in [6.07, 6.45) is 0. The predicted molar refractivity (Wildman–Crippen MR) is 51.3 cm³/mol. The summed E-state index contributed by atoms with van der Waals surface area (Å²) >= 11 is 2.52. The van der Waals surface area contributed by atoms with Gasteiger partial charge in [-0.1, -0.05) is 0 Å². The Hall–Kier alpha value is -0.0366. The molecule has 71 valence electrons. The molecule has 0 aliphatic carbocycles. The summed E-state index contributed by atoms with van der Waals surface area (Å²) < 4.78 is 2.01. The van der Waals surface area contributed by atoms with Gasteiger partial charge in [0.2, 0.25) is 0 Å². The fourth-order valence-electron chi connectivity index (χ4n) is 0.985. The van der Waals surface area contributed by atoms with E-state index in [-0.39, 0.29) is 0 Å². The van der Waals surface area contributed by atoms with Crippen molar-refractivity contribution in [3.8, 4) is 0 Å². The molecule has 0 heterocycles. The zero-order valence-corrected chi connectivity index (χ0v) is 10.2. The van der Waals surface area contributed by atoms with Crippen molar-refractivity contribution in [2.45, 2.75) is 46.7 Å². The molecule has 0 spiro atoms. The van der Waals surface area contributed by atoms with Crippen molar-refractivity contribution in [1.29, 1.82) is 0 Å². The van der Waals surface area contributed by atoms with Gasteiger partial charge in [0.1, 0.15) is 0 Å². The van der Waals surface area contributed by atoms with Crippen LogP contribution in [0, 0.1) is 0 Å². The van der Waals surface area contributed by atoms with Crippen LogP contribution in [0.3, 0.4) is 0 Å². The third-order valence-corrected chi connectivity index (χ3v) is 1.96. The van der Waals surface area contributed by atoms with Gasteiger partial charge in [-0.15, -0.1) is 0 Å². The Morgan fingerprint density at radius 2 is 1.83 bits per heavy atom. The van der Waals surface area contributed by atoms with Crippen molar-refractivity contribution in [3.63, 3.8) is 0 Å². The third kappa shape index (κ3) is 4.11. The summed E-state index contributed by atoms with van der Waals surface area (Å²) in [5.74, 6) is 1.08. The molecule has 2 nitrogen and oxygen atoms in total. The van der Waals surface area contributed by atoms with Crippen molar-refractivity contribution in [3.05, 3.63) is 0 Å². The van der Waals surface area contributed by atoms with E-state index >= 15 is 0 Å². The van der Waals surface area contributed by atoms with Crippen molar-refractivity contribution in [1.82, 2.24) is 4.90 Å². The first kappa shape index (κ1) is 12.0. The summed E-state index contributed by atoms with van der Waals surface area (Å²) in [6.45, 7) is 10.5. The number of hydrogen-bond donors (Lipinski definition) is 0. The molecule has 0 aromatic carbocycles. The van der Waals surface area contributed by atoms with E-state index in [1.165, 1.54) is 0 Å². The summed E-state index contributed by atoms with van der Waals surface area (Å²) in [7, 11) is 0. The number of amidine groups is 1. The predicted octanol–water partition coefficient (Wildman–Crippen LogP) is 1.83. The molecule has 0 rings (SSSR count). The van der Waals surface area contributed by atoms with Gasteiger partial charge < -0.3 is 0 Å². The molecule has 0 saturated heterocycles. The van der Waals surface area contributed by atoms with Crippen molar-refractivity contribution in [2.24, 2.45) is 4.99 Å². The van der Waals surface area contributed by atoms with E-state index in [0.29, 0.717) is 12.1 Å². The molecule has 0 aromatic heterocycles. The van der Waals surface area contributed by atoms with Crippen LogP contribution in [0.1, 0.15) is 34.6 Å². The standard InChI is InChI=1S/C9H18N2.Ru/c1-7(2)10-9(5)11(6)8(3)4;/h6-8H,1-5H3;/q;+1. The van der Waals surface area contributed by atoms with E-state index in [1.54, 1.807) is 0 Å². The van der Waals surface area contributed by atoms with Crippen LogP contribution < -0.4 is 0 Å². The first-order chi connectivity index (χ1) is 5.49. The molecule has 0 unspecified atom stereocenters. The number of nitrogens with zero attached hydrogens (tertiary/aromatic N) is 2. The second-order valence-electron chi connectivity index (χ2n) is 3.36. The fraction of sp³-hybridized carbons (Fsp3) is 0.778. The van der Waals surface area contributed by atoms with Crippen LogP contribution in [0.15, 0.2) is 4.99 Å². The van der Waals surface area contributed by atoms with Crippen LogP contribution in [0.5, 0.6) is 0 Å². The Labute approximate surface area is 85.3 Å². The molecule has 0 N–H and O–H groups in total. The van der Waals surface area contributed by atoms with Gasteiger partial charge in [0, 0.05) is 0 Å². The fourth-order valence-corrected chi connectivity index (χ4v) is 1.83. The second kappa shape index (κ2) is 5.58. The summed E-state index contributed by atoms with van der Waals surface area (Å²) in [6, 6.07) is 0.853. The second-order valence-corrected chi connectivity index (χ2v) is 3.81. The Kier molecular flexibility index (Phi) is 5.56. The van der Waals surface area contributed by atoms with Crippen LogP contribution in [0.4, 0.5) is 0 Å². The molecular weight excluding hydrogens is 237 g/mol. The Morgan fingerprint density at radius 3 is 2.08 bits per heavy atom. The Bertz CT molecular complexity index is 173. The van der Waals surface area contributed by atoms with Crippen LogP contribution in [0.2, 0.25) is 0 Å². The zero-order valence-electron chi connectivity index (χ0n) is 8.48. The molecule has 0 aromatic rings. The van der Waals surface area contributed by atoms with Crippen molar-refractivity contribution in [2.75, 3.05) is 0 Å². The number of aliphatic imine (C=N–C) groups is 1. The Morgan fingerprint density at radius 1 is 1.33 bits per heavy atom. The quantitative estimate of drug-likeness (QED) is 0.427. The maximum atomic E-state index is 4.47. The van der Waals surface area contributed by atoms with Gasteiger partial charge >= 0.3 is 85.0 Å². The van der Waals surface area contributed by atoms with E-state index < -0.39 is 0 Å². The molecule has 0 atom stereocenters.